The summed E-state index contributed by atoms with van der Waals surface area (Å²) in [6.07, 6.45) is 3.61. The fraction of sp³-hybridized carbons (Fsp3) is 0.696. The molecule has 28 heavy (non-hydrogen) atoms. The maximum absolute atomic E-state index is 5.68. The van der Waals surface area contributed by atoms with Crippen molar-refractivity contribution in [3.8, 4) is 0 Å². The number of likely N-dealkylation sites (tertiary alicyclic amines) is 1. The molecule has 0 radical (unpaired) electrons. The number of aliphatic imine (C=N–C) groups is 1. The number of hydrogen-bond donors (Lipinski definition) is 2. The van der Waals surface area contributed by atoms with Gasteiger partial charge < -0.3 is 20.3 Å². The van der Waals surface area contributed by atoms with E-state index in [1.165, 1.54) is 16.7 Å². The molecule has 0 bridgehead atoms. The van der Waals surface area contributed by atoms with Crippen molar-refractivity contribution in [2.45, 2.75) is 66.0 Å². The van der Waals surface area contributed by atoms with Crippen molar-refractivity contribution in [3.05, 3.63) is 34.9 Å². The van der Waals surface area contributed by atoms with Crippen LogP contribution >= 0.6 is 0 Å². The number of nitrogens with zero attached hydrogens (tertiary/aromatic N) is 2. The lowest BCUT2D eigenvalue weighted by atomic mass is 10.1. The van der Waals surface area contributed by atoms with Gasteiger partial charge in [0.15, 0.2) is 5.96 Å². The van der Waals surface area contributed by atoms with Gasteiger partial charge in [0.05, 0.1) is 12.7 Å². The Labute approximate surface area is 171 Å². The highest BCUT2D eigenvalue weighted by Crippen LogP contribution is 2.11. The summed E-state index contributed by atoms with van der Waals surface area (Å²) in [7, 11) is 0. The Balaban J connectivity index is 1.76. The van der Waals surface area contributed by atoms with Crippen molar-refractivity contribution in [2.75, 3.05) is 39.3 Å². The molecule has 1 aliphatic rings. The Morgan fingerprint density at radius 1 is 1.18 bits per heavy atom. The Bertz CT molecular complexity index is 586. The highest BCUT2D eigenvalue weighted by Gasteiger charge is 2.19. The zero-order valence-electron chi connectivity index (χ0n) is 18.6. The van der Waals surface area contributed by atoms with E-state index < -0.39 is 0 Å². The van der Waals surface area contributed by atoms with Gasteiger partial charge >= 0.3 is 0 Å². The first-order chi connectivity index (χ1) is 13.5. The number of hydrogen-bond acceptors (Lipinski definition) is 3. The van der Waals surface area contributed by atoms with Crippen LogP contribution in [0.2, 0.25) is 0 Å². The number of rotatable bonds is 9. The van der Waals surface area contributed by atoms with Gasteiger partial charge in [0.1, 0.15) is 0 Å². The first kappa shape index (κ1) is 22.7. The van der Waals surface area contributed by atoms with Crippen LogP contribution in [-0.2, 0) is 11.2 Å². The van der Waals surface area contributed by atoms with E-state index in [1.54, 1.807) is 0 Å². The summed E-state index contributed by atoms with van der Waals surface area (Å²) in [6.45, 7) is 16.5. The molecule has 0 unspecified atom stereocenters. The zero-order chi connectivity index (χ0) is 20.4. The lowest BCUT2D eigenvalue weighted by molar-refractivity contribution is 0.0532. The first-order valence-electron chi connectivity index (χ1n) is 10.9. The minimum atomic E-state index is 0.321. The number of nitrogens with one attached hydrogen (secondary N) is 2. The Kier molecular flexibility index (Phi) is 9.79. The van der Waals surface area contributed by atoms with Crippen LogP contribution in [0.3, 0.4) is 0 Å². The van der Waals surface area contributed by atoms with Crippen LogP contribution in [0.25, 0.3) is 0 Å². The molecule has 1 saturated heterocycles. The van der Waals surface area contributed by atoms with Crippen LogP contribution in [-0.4, -0.2) is 62.3 Å². The molecular weight excluding hydrogens is 348 g/mol. The van der Waals surface area contributed by atoms with Gasteiger partial charge in [-0.25, -0.2) is 0 Å². The number of ether oxygens (including phenoxy) is 1. The molecule has 1 aliphatic heterocycles. The summed E-state index contributed by atoms with van der Waals surface area (Å²) in [5, 5.41) is 7.04. The quantitative estimate of drug-likeness (QED) is 0.503. The minimum absolute atomic E-state index is 0.321. The van der Waals surface area contributed by atoms with E-state index >= 15 is 0 Å². The maximum Gasteiger partial charge on any atom is 0.191 e. The molecule has 0 saturated carbocycles. The van der Waals surface area contributed by atoms with E-state index in [0.717, 1.165) is 64.6 Å². The van der Waals surface area contributed by atoms with Crippen molar-refractivity contribution < 1.29 is 4.74 Å². The standard InChI is InChI=1S/C23H40N4O/c1-6-24-23(25-10-7-21-16-19(4)15-20(5)17-21)26-22-8-11-27(12-9-22)13-14-28-18(2)3/h15-18,22H,6-14H2,1-5H3,(H2,24,25,26). The van der Waals surface area contributed by atoms with Gasteiger partial charge in [-0.05, 0) is 59.4 Å². The second-order valence-corrected chi connectivity index (χ2v) is 8.19. The molecule has 0 atom stereocenters. The summed E-state index contributed by atoms with van der Waals surface area (Å²) in [6, 6.07) is 7.25. The Morgan fingerprint density at radius 3 is 2.46 bits per heavy atom. The molecule has 0 aliphatic carbocycles. The second-order valence-electron chi connectivity index (χ2n) is 8.19. The molecule has 0 amide bonds. The fourth-order valence-electron chi connectivity index (χ4n) is 3.74. The van der Waals surface area contributed by atoms with Crippen LogP contribution in [0.15, 0.2) is 23.2 Å². The molecule has 0 spiro atoms. The molecular formula is C23H40N4O. The Morgan fingerprint density at radius 2 is 1.86 bits per heavy atom. The number of guanidine groups is 1. The van der Waals surface area contributed by atoms with Crippen LogP contribution in [0, 0.1) is 13.8 Å². The molecule has 1 aromatic carbocycles. The van der Waals surface area contributed by atoms with E-state index in [4.69, 9.17) is 9.73 Å². The fourth-order valence-corrected chi connectivity index (χ4v) is 3.74. The molecule has 1 heterocycles. The normalized spacial score (nSPS) is 16.6. The predicted molar refractivity (Wildman–Crippen MR) is 119 cm³/mol. The predicted octanol–water partition coefficient (Wildman–Crippen LogP) is 3.29. The van der Waals surface area contributed by atoms with Crippen molar-refractivity contribution >= 4 is 5.96 Å². The van der Waals surface area contributed by atoms with Gasteiger partial charge in [-0.2, -0.15) is 0 Å². The van der Waals surface area contributed by atoms with Crippen molar-refractivity contribution in [1.82, 2.24) is 15.5 Å². The van der Waals surface area contributed by atoms with Gasteiger partial charge in [0, 0.05) is 38.8 Å². The summed E-state index contributed by atoms with van der Waals surface area (Å²) in [4.78, 5) is 7.32. The van der Waals surface area contributed by atoms with Crippen molar-refractivity contribution in [1.29, 1.82) is 0 Å². The molecule has 2 rings (SSSR count). The molecule has 0 aromatic heterocycles. The summed E-state index contributed by atoms with van der Waals surface area (Å²) < 4.78 is 5.68. The number of aryl methyl sites for hydroxylation is 2. The average molecular weight is 389 g/mol. The third-order valence-electron chi connectivity index (χ3n) is 5.08. The summed E-state index contributed by atoms with van der Waals surface area (Å²) >= 11 is 0. The van der Waals surface area contributed by atoms with Crippen LogP contribution in [0.5, 0.6) is 0 Å². The monoisotopic (exact) mass is 388 g/mol. The molecule has 1 fully saturated rings. The maximum atomic E-state index is 5.68. The van der Waals surface area contributed by atoms with E-state index in [9.17, 15) is 0 Å². The van der Waals surface area contributed by atoms with Gasteiger partial charge in [-0.1, -0.05) is 29.3 Å². The van der Waals surface area contributed by atoms with Crippen LogP contribution in [0.1, 0.15) is 50.3 Å². The number of benzene rings is 1. The van der Waals surface area contributed by atoms with Gasteiger partial charge in [0.2, 0.25) is 0 Å². The van der Waals surface area contributed by atoms with Crippen molar-refractivity contribution in [3.63, 3.8) is 0 Å². The van der Waals surface area contributed by atoms with Crippen molar-refractivity contribution in [2.24, 2.45) is 4.99 Å². The van der Waals surface area contributed by atoms with Gasteiger partial charge in [0.25, 0.3) is 0 Å². The van der Waals surface area contributed by atoms with Crippen LogP contribution < -0.4 is 10.6 Å². The largest absolute Gasteiger partial charge is 0.377 e. The highest BCUT2D eigenvalue weighted by molar-refractivity contribution is 5.80. The zero-order valence-corrected chi connectivity index (χ0v) is 18.6. The van der Waals surface area contributed by atoms with E-state index in [-0.39, 0.29) is 0 Å². The minimum Gasteiger partial charge on any atom is -0.377 e. The smallest absolute Gasteiger partial charge is 0.191 e. The molecule has 158 valence electrons. The molecule has 5 heteroatoms. The molecule has 5 nitrogen and oxygen atoms in total. The SMILES string of the molecule is CCNC(=NCCc1cc(C)cc(C)c1)NC1CCN(CCOC(C)C)CC1. The van der Waals surface area contributed by atoms with Gasteiger partial charge in [-0.15, -0.1) is 0 Å². The first-order valence-corrected chi connectivity index (χ1v) is 10.9. The average Bonchev–Trinajstić information content (AvgIpc) is 2.62. The summed E-state index contributed by atoms with van der Waals surface area (Å²) in [5.41, 5.74) is 4.03. The third kappa shape index (κ3) is 8.61. The lowest BCUT2D eigenvalue weighted by Crippen LogP contribution is -2.49. The molecule has 1 aromatic rings. The van der Waals surface area contributed by atoms with E-state index in [2.05, 4.69) is 68.4 Å². The number of piperidine rings is 1. The van der Waals surface area contributed by atoms with E-state index in [1.807, 2.05) is 0 Å². The lowest BCUT2D eigenvalue weighted by Gasteiger charge is -2.33. The van der Waals surface area contributed by atoms with E-state index in [0.29, 0.717) is 12.1 Å². The third-order valence-corrected chi connectivity index (χ3v) is 5.08. The topological polar surface area (TPSA) is 48.9 Å². The van der Waals surface area contributed by atoms with Crippen LogP contribution in [0.4, 0.5) is 0 Å². The molecule has 2 N–H and O–H groups in total. The highest BCUT2D eigenvalue weighted by atomic mass is 16.5. The second kappa shape index (κ2) is 12.1. The Hall–Kier alpha value is -1.59. The van der Waals surface area contributed by atoms with Gasteiger partial charge in [-0.3, -0.25) is 4.99 Å². The summed E-state index contributed by atoms with van der Waals surface area (Å²) in [5.74, 6) is 0.952.